The maximum absolute atomic E-state index is 12.2. The van der Waals surface area contributed by atoms with E-state index in [4.69, 9.17) is 21.4 Å². The molecule has 1 N–H and O–H groups in total. The number of hydrogen-bond donors (Lipinski definition) is 1. The van der Waals surface area contributed by atoms with Crippen LogP contribution in [0.25, 0.3) is 0 Å². The van der Waals surface area contributed by atoms with Crippen LogP contribution in [0.1, 0.15) is 45.4 Å². The lowest BCUT2D eigenvalue weighted by Gasteiger charge is -2.31. The third-order valence-electron chi connectivity index (χ3n) is 5.89. The van der Waals surface area contributed by atoms with Gasteiger partial charge in [-0.2, -0.15) is 0 Å². The quantitative estimate of drug-likeness (QED) is 0.608. The fourth-order valence-electron chi connectivity index (χ4n) is 3.89. The van der Waals surface area contributed by atoms with Crippen LogP contribution in [0.15, 0.2) is 24.3 Å². The molecule has 28 heavy (non-hydrogen) atoms. The zero-order chi connectivity index (χ0) is 20.4. The van der Waals surface area contributed by atoms with Gasteiger partial charge in [0, 0.05) is 25.2 Å². The van der Waals surface area contributed by atoms with E-state index in [0.717, 1.165) is 38.5 Å². The summed E-state index contributed by atoms with van der Waals surface area (Å²) in [6, 6.07) is 6.84. The van der Waals surface area contributed by atoms with Crippen LogP contribution in [0.2, 0.25) is 5.02 Å². The van der Waals surface area contributed by atoms with E-state index in [9.17, 15) is 4.79 Å². The predicted molar refractivity (Wildman–Crippen MR) is 114 cm³/mol. The number of ether oxygens (including phenoxy) is 1. The van der Waals surface area contributed by atoms with Gasteiger partial charge in [0.15, 0.2) is 0 Å². The maximum atomic E-state index is 12.2. The van der Waals surface area contributed by atoms with Crippen LogP contribution in [0, 0.1) is 11.8 Å². The summed E-state index contributed by atoms with van der Waals surface area (Å²) < 4.78 is 5.38. The van der Waals surface area contributed by atoms with E-state index in [1.165, 1.54) is 32.1 Å². The van der Waals surface area contributed by atoms with Crippen LogP contribution in [-0.4, -0.2) is 60.8 Å². The Morgan fingerprint density at radius 2 is 1.64 bits per heavy atom. The van der Waals surface area contributed by atoms with Crippen molar-refractivity contribution in [3.05, 3.63) is 29.3 Å². The van der Waals surface area contributed by atoms with Crippen molar-refractivity contribution >= 4 is 17.7 Å². The number of aliphatic hydroxyl groups excluding tert-OH is 1. The number of likely N-dealkylation sites (N-methyl/N-ethyl adjacent to an activating group) is 1. The van der Waals surface area contributed by atoms with Crippen LogP contribution < -0.4 is 4.74 Å². The van der Waals surface area contributed by atoms with Crippen molar-refractivity contribution in [2.45, 2.75) is 45.4 Å². The van der Waals surface area contributed by atoms with Gasteiger partial charge in [0.2, 0.25) is 0 Å². The van der Waals surface area contributed by atoms with Crippen LogP contribution in [0.4, 0.5) is 4.79 Å². The molecule has 2 rings (SSSR count). The van der Waals surface area contributed by atoms with Gasteiger partial charge in [0.1, 0.15) is 5.75 Å². The molecule has 0 radical (unpaired) electrons. The molecule has 1 saturated carbocycles. The SMILES string of the molecule is CCN(CCO)CC[C@H]1CC[C@H](CCN(C)C(=O)Oc2ccc(Cl)cc2)CC1. The third-order valence-corrected chi connectivity index (χ3v) is 6.14. The van der Waals surface area contributed by atoms with Crippen LogP contribution in [0.5, 0.6) is 5.75 Å². The van der Waals surface area contributed by atoms with Crippen LogP contribution >= 0.6 is 11.6 Å². The van der Waals surface area contributed by atoms with Crippen molar-refractivity contribution in [2.24, 2.45) is 11.8 Å². The molecule has 0 heterocycles. The normalized spacial score (nSPS) is 19.6. The number of carbonyl (C=O) groups is 1. The Labute approximate surface area is 174 Å². The summed E-state index contributed by atoms with van der Waals surface area (Å²) >= 11 is 5.85. The van der Waals surface area contributed by atoms with Crippen LogP contribution in [-0.2, 0) is 0 Å². The Balaban J connectivity index is 1.63. The van der Waals surface area contributed by atoms with Crippen molar-refractivity contribution in [1.29, 1.82) is 0 Å². The number of nitrogens with zero attached hydrogens (tertiary/aromatic N) is 2. The van der Waals surface area contributed by atoms with Gasteiger partial charge in [-0.3, -0.25) is 0 Å². The third kappa shape index (κ3) is 7.98. The standard InChI is InChI=1S/C22H35ClN2O3/c1-3-25(16-17-26)15-13-19-6-4-18(5-7-19)12-14-24(2)22(27)28-21-10-8-20(23)9-11-21/h8-11,18-19,26H,3-7,12-17H2,1-2H3/t18-,19-. The highest BCUT2D eigenvalue weighted by molar-refractivity contribution is 6.30. The second-order valence-electron chi connectivity index (χ2n) is 7.87. The number of rotatable bonds is 10. The zero-order valence-electron chi connectivity index (χ0n) is 17.3. The Hall–Kier alpha value is -1.30. The van der Waals surface area contributed by atoms with Gasteiger partial charge in [-0.25, -0.2) is 4.79 Å². The van der Waals surface area contributed by atoms with Gasteiger partial charge in [-0.05, 0) is 62.0 Å². The first-order valence-corrected chi connectivity index (χ1v) is 10.9. The molecule has 5 nitrogen and oxygen atoms in total. The molecule has 0 aromatic heterocycles. The smallest absolute Gasteiger partial charge is 0.410 e. The summed E-state index contributed by atoms with van der Waals surface area (Å²) in [6.45, 7) is 6.00. The van der Waals surface area contributed by atoms with E-state index in [1.54, 1.807) is 36.2 Å². The van der Waals surface area contributed by atoms with E-state index in [2.05, 4.69) is 11.8 Å². The molecule has 6 heteroatoms. The van der Waals surface area contributed by atoms with Gasteiger partial charge >= 0.3 is 6.09 Å². The monoisotopic (exact) mass is 410 g/mol. The Morgan fingerprint density at radius 1 is 1.07 bits per heavy atom. The molecule has 0 saturated heterocycles. The first-order valence-electron chi connectivity index (χ1n) is 10.5. The van der Waals surface area contributed by atoms with E-state index < -0.39 is 0 Å². The fourth-order valence-corrected chi connectivity index (χ4v) is 4.02. The van der Waals surface area contributed by atoms with E-state index >= 15 is 0 Å². The molecule has 0 spiro atoms. The molecular weight excluding hydrogens is 376 g/mol. The van der Waals surface area contributed by atoms with Gasteiger partial charge < -0.3 is 19.6 Å². The number of amides is 1. The molecule has 0 bridgehead atoms. The lowest BCUT2D eigenvalue weighted by Crippen LogP contribution is -2.32. The summed E-state index contributed by atoms with van der Waals surface area (Å²) in [4.78, 5) is 16.2. The summed E-state index contributed by atoms with van der Waals surface area (Å²) in [7, 11) is 1.80. The summed E-state index contributed by atoms with van der Waals surface area (Å²) in [6.07, 6.45) is 6.99. The predicted octanol–water partition coefficient (Wildman–Crippen LogP) is 4.67. The van der Waals surface area contributed by atoms with Gasteiger partial charge in [-0.1, -0.05) is 44.2 Å². The molecule has 0 aliphatic heterocycles. The summed E-state index contributed by atoms with van der Waals surface area (Å²) in [5, 5.41) is 9.72. The minimum Gasteiger partial charge on any atom is -0.410 e. The van der Waals surface area contributed by atoms with Crippen molar-refractivity contribution in [3.8, 4) is 5.75 Å². The lowest BCUT2D eigenvalue weighted by atomic mass is 9.79. The minimum atomic E-state index is -0.320. The molecule has 1 aliphatic carbocycles. The fraction of sp³-hybridized carbons (Fsp3) is 0.682. The highest BCUT2D eigenvalue weighted by Crippen LogP contribution is 2.32. The molecule has 1 aromatic carbocycles. The largest absolute Gasteiger partial charge is 0.414 e. The molecule has 1 aliphatic rings. The number of halogens is 1. The number of carbonyl (C=O) groups excluding carboxylic acids is 1. The Morgan fingerprint density at radius 3 is 2.18 bits per heavy atom. The van der Waals surface area contributed by atoms with Crippen LogP contribution in [0.3, 0.4) is 0 Å². The highest BCUT2D eigenvalue weighted by Gasteiger charge is 2.22. The number of aliphatic hydroxyl groups is 1. The summed E-state index contributed by atoms with van der Waals surface area (Å²) in [5.41, 5.74) is 0. The Kier molecular flexibility index (Phi) is 10.1. The second kappa shape index (κ2) is 12.3. The first kappa shape index (κ1) is 23.0. The average molecular weight is 411 g/mol. The minimum absolute atomic E-state index is 0.245. The van der Waals surface area contributed by atoms with E-state index in [-0.39, 0.29) is 12.7 Å². The topological polar surface area (TPSA) is 53.0 Å². The number of hydrogen-bond acceptors (Lipinski definition) is 4. The molecule has 1 fully saturated rings. The van der Waals surface area contributed by atoms with Crippen molar-refractivity contribution in [2.75, 3.05) is 39.8 Å². The lowest BCUT2D eigenvalue weighted by molar-refractivity contribution is 0.153. The van der Waals surface area contributed by atoms with Crippen molar-refractivity contribution in [1.82, 2.24) is 9.80 Å². The van der Waals surface area contributed by atoms with Crippen molar-refractivity contribution in [3.63, 3.8) is 0 Å². The second-order valence-corrected chi connectivity index (χ2v) is 8.30. The van der Waals surface area contributed by atoms with Crippen molar-refractivity contribution < 1.29 is 14.6 Å². The molecule has 1 amide bonds. The van der Waals surface area contributed by atoms with Gasteiger partial charge in [0.25, 0.3) is 0 Å². The molecule has 0 unspecified atom stereocenters. The first-order chi connectivity index (χ1) is 13.5. The Bertz CT molecular complexity index is 574. The molecule has 1 aromatic rings. The maximum Gasteiger partial charge on any atom is 0.414 e. The molecule has 158 valence electrons. The van der Waals surface area contributed by atoms with E-state index in [1.807, 2.05) is 0 Å². The van der Waals surface area contributed by atoms with Gasteiger partial charge in [0.05, 0.1) is 6.61 Å². The molecule has 0 atom stereocenters. The highest BCUT2D eigenvalue weighted by atomic mass is 35.5. The van der Waals surface area contributed by atoms with E-state index in [0.29, 0.717) is 16.7 Å². The average Bonchev–Trinajstić information content (AvgIpc) is 2.71. The molecular formula is C22H35ClN2O3. The zero-order valence-corrected chi connectivity index (χ0v) is 18.0. The number of benzene rings is 1. The summed E-state index contributed by atoms with van der Waals surface area (Å²) in [5.74, 6) is 2.02. The van der Waals surface area contributed by atoms with Gasteiger partial charge in [-0.15, -0.1) is 0 Å².